The van der Waals surface area contributed by atoms with Crippen LogP contribution >= 0.6 is 11.8 Å². The Hall–Kier alpha value is -1.27. The number of aromatic nitrogens is 1. The zero-order valence-corrected chi connectivity index (χ0v) is 13.7. The molecule has 1 amide bonds. The van der Waals surface area contributed by atoms with E-state index in [0.717, 1.165) is 37.4 Å². The Bertz CT molecular complexity index is 616. The van der Waals surface area contributed by atoms with E-state index in [9.17, 15) is 9.59 Å². The summed E-state index contributed by atoms with van der Waals surface area (Å²) in [5.41, 5.74) is 7.18. The molecule has 0 spiro atoms. The van der Waals surface area contributed by atoms with Crippen LogP contribution in [0.2, 0.25) is 0 Å². The Morgan fingerprint density at radius 2 is 2.23 bits per heavy atom. The van der Waals surface area contributed by atoms with E-state index in [-0.39, 0.29) is 17.4 Å². The summed E-state index contributed by atoms with van der Waals surface area (Å²) in [6, 6.07) is 5.05. The molecule has 5 nitrogen and oxygen atoms in total. The van der Waals surface area contributed by atoms with E-state index in [0.29, 0.717) is 12.5 Å². The average molecular weight is 321 g/mol. The fraction of sp³-hybridized carbons (Fsp3) is 0.625. The molecule has 6 heteroatoms. The molecule has 1 saturated heterocycles. The van der Waals surface area contributed by atoms with E-state index in [1.807, 2.05) is 27.9 Å². The minimum absolute atomic E-state index is 0.0653. The molecule has 0 aromatic carbocycles. The monoisotopic (exact) mass is 321 g/mol. The molecule has 0 unspecified atom stereocenters. The number of pyridine rings is 1. The SMILES string of the molecule is CSCC[C@H](N)C(=O)N1C[C@@H]2C[C@H](C1)c1cccc(=O)n1C2. The van der Waals surface area contributed by atoms with E-state index in [2.05, 4.69) is 0 Å². The second-order valence-corrected chi connectivity index (χ2v) is 7.31. The average Bonchev–Trinajstić information content (AvgIpc) is 2.52. The van der Waals surface area contributed by atoms with E-state index >= 15 is 0 Å². The van der Waals surface area contributed by atoms with Crippen LogP contribution in [0.4, 0.5) is 0 Å². The van der Waals surface area contributed by atoms with Crippen LogP contribution in [-0.4, -0.2) is 46.5 Å². The van der Waals surface area contributed by atoms with Gasteiger partial charge in [-0.15, -0.1) is 0 Å². The van der Waals surface area contributed by atoms with Crippen LogP contribution in [0.3, 0.4) is 0 Å². The van der Waals surface area contributed by atoms with Gasteiger partial charge in [-0.25, -0.2) is 0 Å². The molecule has 0 aliphatic carbocycles. The van der Waals surface area contributed by atoms with Crippen LogP contribution in [0.1, 0.15) is 24.5 Å². The van der Waals surface area contributed by atoms with Crippen LogP contribution in [-0.2, 0) is 11.3 Å². The number of piperidine rings is 1. The number of thioether (sulfide) groups is 1. The molecule has 2 bridgehead atoms. The molecule has 120 valence electrons. The predicted octanol–water partition coefficient (Wildman–Crippen LogP) is 0.874. The highest BCUT2D eigenvalue weighted by molar-refractivity contribution is 7.98. The van der Waals surface area contributed by atoms with Gasteiger partial charge in [0.05, 0.1) is 6.04 Å². The molecule has 3 atom stereocenters. The Kier molecular flexibility index (Phi) is 4.59. The zero-order valence-electron chi connectivity index (χ0n) is 12.9. The maximum Gasteiger partial charge on any atom is 0.250 e. The molecule has 1 aromatic rings. The van der Waals surface area contributed by atoms with Gasteiger partial charge in [-0.05, 0) is 36.8 Å². The van der Waals surface area contributed by atoms with E-state index in [4.69, 9.17) is 5.73 Å². The van der Waals surface area contributed by atoms with Crippen molar-refractivity contribution in [2.75, 3.05) is 25.1 Å². The highest BCUT2D eigenvalue weighted by Gasteiger charge is 2.37. The molecule has 1 fully saturated rings. The number of hydrogen-bond acceptors (Lipinski definition) is 4. The molecule has 0 saturated carbocycles. The Morgan fingerprint density at radius 3 is 3.00 bits per heavy atom. The molecule has 2 aliphatic rings. The van der Waals surface area contributed by atoms with Crippen LogP contribution in [0.25, 0.3) is 0 Å². The Morgan fingerprint density at radius 1 is 1.41 bits per heavy atom. The normalized spacial score (nSPS) is 24.7. The van der Waals surface area contributed by atoms with Gasteiger partial charge in [0.2, 0.25) is 5.91 Å². The first kappa shape index (κ1) is 15.6. The standard InChI is InChI=1S/C16H23N3O2S/c1-22-6-5-13(17)16(21)18-8-11-7-12(10-18)14-3-2-4-15(20)19(14)9-11/h2-4,11-13H,5-10,17H2,1H3/t11-,12+,13-/m0/s1. The van der Waals surface area contributed by atoms with Gasteiger partial charge in [0, 0.05) is 37.3 Å². The third-order valence-corrected chi connectivity index (χ3v) is 5.39. The zero-order chi connectivity index (χ0) is 15.7. The summed E-state index contributed by atoms with van der Waals surface area (Å²) in [4.78, 5) is 26.5. The van der Waals surface area contributed by atoms with Crippen LogP contribution in [0.5, 0.6) is 0 Å². The van der Waals surface area contributed by atoms with Crippen molar-refractivity contribution in [1.29, 1.82) is 0 Å². The maximum absolute atomic E-state index is 12.5. The maximum atomic E-state index is 12.5. The lowest BCUT2D eigenvalue weighted by molar-refractivity contribution is -0.135. The number of carbonyl (C=O) groups excluding carboxylic acids is 1. The number of hydrogen-bond donors (Lipinski definition) is 1. The van der Waals surface area contributed by atoms with Gasteiger partial charge in [-0.3, -0.25) is 9.59 Å². The number of amides is 1. The minimum Gasteiger partial charge on any atom is -0.340 e. The highest BCUT2D eigenvalue weighted by atomic mass is 32.2. The first-order valence-electron chi connectivity index (χ1n) is 7.83. The smallest absolute Gasteiger partial charge is 0.250 e. The number of rotatable bonds is 4. The van der Waals surface area contributed by atoms with Crippen LogP contribution < -0.4 is 11.3 Å². The third-order valence-electron chi connectivity index (χ3n) is 4.74. The molecule has 22 heavy (non-hydrogen) atoms. The predicted molar refractivity (Wildman–Crippen MR) is 89.1 cm³/mol. The summed E-state index contributed by atoms with van der Waals surface area (Å²) in [5, 5.41) is 0. The quantitative estimate of drug-likeness (QED) is 0.894. The van der Waals surface area contributed by atoms with Gasteiger partial charge in [-0.2, -0.15) is 11.8 Å². The van der Waals surface area contributed by atoms with Crippen molar-refractivity contribution >= 4 is 17.7 Å². The fourth-order valence-corrected chi connectivity index (χ4v) is 4.17. The summed E-state index contributed by atoms with van der Waals surface area (Å²) >= 11 is 1.71. The largest absolute Gasteiger partial charge is 0.340 e. The van der Waals surface area contributed by atoms with Crippen LogP contribution in [0, 0.1) is 5.92 Å². The van der Waals surface area contributed by atoms with Gasteiger partial charge >= 0.3 is 0 Å². The topological polar surface area (TPSA) is 68.3 Å². The van der Waals surface area contributed by atoms with E-state index < -0.39 is 6.04 Å². The van der Waals surface area contributed by atoms with E-state index in [1.165, 1.54) is 0 Å². The highest BCUT2D eigenvalue weighted by Crippen LogP contribution is 2.35. The van der Waals surface area contributed by atoms with E-state index in [1.54, 1.807) is 17.8 Å². The van der Waals surface area contributed by atoms with Crippen molar-refractivity contribution < 1.29 is 4.79 Å². The fourth-order valence-electron chi connectivity index (χ4n) is 3.68. The van der Waals surface area contributed by atoms with Crippen molar-refractivity contribution in [3.05, 3.63) is 34.2 Å². The molecule has 2 N–H and O–H groups in total. The van der Waals surface area contributed by atoms with Crippen molar-refractivity contribution in [1.82, 2.24) is 9.47 Å². The molecule has 1 aromatic heterocycles. The van der Waals surface area contributed by atoms with Crippen molar-refractivity contribution in [2.24, 2.45) is 11.7 Å². The number of carbonyl (C=O) groups is 1. The molecular formula is C16H23N3O2S. The first-order valence-corrected chi connectivity index (χ1v) is 9.22. The number of likely N-dealkylation sites (tertiary alicyclic amines) is 1. The molecule has 0 radical (unpaired) electrons. The summed E-state index contributed by atoms with van der Waals surface area (Å²) in [6.45, 7) is 2.13. The van der Waals surface area contributed by atoms with Crippen LogP contribution in [0.15, 0.2) is 23.0 Å². The molecule has 2 aliphatic heterocycles. The second kappa shape index (κ2) is 6.46. The lowest BCUT2D eigenvalue weighted by Crippen LogP contribution is -2.53. The number of nitrogens with two attached hydrogens (primary N) is 1. The Balaban J connectivity index is 1.76. The van der Waals surface area contributed by atoms with Crippen molar-refractivity contribution in [2.45, 2.75) is 31.3 Å². The van der Waals surface area contributed by atoms with Gasteiger partial charge in [-0.1, -0.05) is 6.07 Å². The summed E-state index contributed by atoms with van der Waals surface area (Å²) in [6.07, 6.45) is 3.81. The summed E-state index contributed by atoms with van der Waals surface area (Å²) in [5.74, 6) is 1.60. The molecule has 3 rings (SSSR count). The van der Waals surface area contributed by atoms with Gasteiger partial charge in [0.15, 0.2) is 0 Å². The summed E-state index contributed by atoms with van der Waals surface area (Å²) in [7, 11) is 0. The van der Waals surface area contributed by atoms with Crippen molar-refractivity contribution in [3.63, 3.8) is 0 Å². The number of nitrogens with zero attached hydrogens (tertiary/aromatic N) is 2. The summed E-state index contributed by atoms with van der Waals surface area (Å²) < 4.78 is 1.88. The van der Waals surface area contributed by atoms with Crippen molar-refractivity contribution in [3.8, 4) is 0 Å². The molecular weight excluding hydrogens is 298 g/mol. The van der Waals surface area contributed by atoms with Gasteiger partial charge < -0.3 is 15.2 Å². The first-order chi connectivity index (χ1) is 10.6. The second-order valence-electron chi connectivity index (χ2n) is 6.33. The minimum atomic E-state index is -0.399. The number of fused-ring (bicyclic) bond motifs is 4. The third kappa shape index (κ3) is 2.94. The molecule has 3 heterocycles. The lowest BCUT2D eigenvalue weighted by atomic mass is 9.83. The lowest BCUT2D eigenvalue weighted by Gasteiger charge is -2.43. The van der Waals surface area contributed by atoms with Gasteiger partial charge in [0.1, 0.15) is 0 Å². The Labute approximate surface area is 134 Å². The van der Waals surface area contributed by atoms with Gasteiger partial charge in [0.25, 0.3) is 5.56 Å².